The first-order valence-corrected chi connectivity index (χ1v) is 6.54. The maximum Gasteiger partial charge on any atom is 0.235 e. The lowest BCUT2D eigenvalue weighted by Crippen LogP contribution is -2.13. The standard InChI is InChI=1S/C14H16ClNO3/c1-9(2)19-13-11(18-3)5-4-10(15)12(13)14(6-7-14)16-8-17/h4-5,9H,6-7H2,1-3H3. The van der Waals surface area contributed by atoms with E-state index in [2.05, 4.69) is 4.99 Å². The molecule has 2 rings (SSSR count). The molecule has 1 fully saturated rings. The zero-order valence-electron chi connectivity index (χ0n) is 11.2. The molecule has 0 heterocycles. The van der Waals surface area contributed by atoms with Crippen LogP contribution in [-0.2, 0) is 10.3 Å². The molecule has 0 bridgehead atoms. The van der Waals surface area contributed by atoms with Crippen molar-refractivity contribution in [2.45, 2.75) is 38.3 Å². The highest BCUT2D eigenvalue weighted by Crippen LogP contribution is 2.56. The number of methoxy groups -OCH3 is 1. The molecule has 1 aliphatic rings. The predicted octanol–water partition coefficient (Wildman–Crippen LogP) is 3.46. The molecule has 1 aliphatic carbocycles. The van der Waals surface area contributed by atoms with Crippen molar-refractivity contribution >= 4 is 17.7 Å². The Balaban J connectivity index is 2.60. The van der Waals surface area contributed by atoms with Gasteiger partial charge in [-0.15, -0.1) is 0 Å². The van der Waals surface area contributed by atoms with Gasteiger partial charge in [-0.1, -0.05) is 11.6 Å². The Kier molecular flexibility index (Phi) is 3.83. The Morgan fingerprint density at radius 1 is 1.42 bits per heavy atom. The third kappa shape index (κ3) is 2.60. The summed E-state index contributed by atoms with van der Waals surface area (Å²) in [6, 6.07) is 3.49. The van der Waals surface area contributed by atoms with Gasteiger partial charge in [0.1, 0.15) is 5.54 Å². The highest BCUT2D eigenvalue weighted by atomic mass is 35.5. The van der Waals surface area contributed by atoms with Crippen molar-refractivity contribution in [1.29, 1.82) is 0 Å². The second kappa shape index (κ2) is 5.24. The summed E-state index contributed by atoms with van der Waals surface area (Å²) >= 11 is 6.28. The van der Waals surface area contributed by atoms with Crippen molar-refractivity contribution in [3.8, 4) is 11.5 Å². The summed E-state index contributed by atoms with van der Waals surface area (Å²) in [6.07, 6.45) is 3.14. The number of rotatable bonds is 5. The van der Waals surface area contributed by atoms with Gasteiger partial charge in [0.15, 0.2) is 11.5 Å². The van der Waals surface area contributed by atoms with Crippen LogP contribution in [-0.4, -0.2) is 19.3 Å². The molecule has 4 nitrogen and oxygen atoms in total. The van der Waals surface area contributed by atoms with Gasteiger partial charge in [0.25, 0.3) is 0 Å². The fourth-order valence-corrected chi connectivity index (χ4v) is 2.43. The van der Waals surface area contributed by atoms with Gasteiger partial charge < -0.3 is 9.47 Å². The van der Waals surface area contributed by atoms with Crippen molar-refractivity contribution in [3.63, 3.8) is 0 Å². The summed E-state index contributed by atoms with van der Waals surface area (Å²) in [5, 5.41) is 0.535. The van der Waals surface area contributed by atoms with Gasteiger partial charge in [0.05, 0.1) is 18.2 Å². The Labute approximate surface area is 117 Å². The van der Waals surface area contributed by atoms with E-state index >= 15 is 0 Å². The molecule has 1 saturated carbocycles. The topological polar surface area (TPSA) is 47.9 Å². The van der Waals surface area contributed by atoms with Crippen LogP contribution in [0.1, 0.15) is 32.3 Å². The van der Waals surface area contributed by atoms with Crippen LogP contribution in [0.4, 0.5) is 0 Å². The SMILES string of the molecule is COc1ccc(Cl)c(C2(N=C=O)CC2)c1OC(C)C. The number of ether oxygens (including phenoxy) is 2. The van der Waals surface area contributed by atoms with E-state index in [4.69, 9.17) is 21.1 Å². The minimum atomic E-state index is -0.586. The maximum atomic E-state index is 10.6. The van der Waals surface area contributed by atoms with Crippen LogP contribution in [0.25, 0.3) is 0 Å². The first-order valence-electron chi connectivity index (χ1n) is 6.17. The lowest BCUT2D eigenvalue weighted by molar-refractivity contribution is 0.226. The third-order valence-electron chi connectivity index (χ3n) is 3.09. The quantitative estimate of drug-likeness (QED) is 0.613. The highest BCUT2D eigenvalue weighted by molar-refractivity contribution is 6.31. The molecular formula is C14H16ClNO3. The molecule has 0 atom stereocenters. The van der Waals surface area contributed by atoms with Gasteiger partial charge in [-0.25, -0.2) is 4.79 Å². The monoisotopic (exact) mass is 281 g/mol. The molecule has 0 amide bonds. The number of isocyanates is 1. The lowest BCUT2D eigenvalue weighted by atomic mass is 10.0. The van der Waals surface area contributed by atoms with Gasteiger partial charge in [-0.2, -0.15) is 4.99 Å². The molecule has 0 aliphatic heterocycles. The van der Waals surface area contributed by atoms with E-state index in [-0.39, 0.29) is 6.10 Å². The van der Waals surface area contributed by atoms with E-state index in [0.717, 1.165) is 18.4 Å². The van der Waals surface area contributed by atoms with Gasteiger partial charge in [-0.3, -0.25) is 0 Å². The Bertz CT molecular complexity index is 532. The van der Waals surface area contributed by atoms with Crippen molar-refractivity contribution < 1.29 is 14.3 Å². The number of hydrogen-bond acceptors (Lipinski definition) is 4. The molecule has 0 saturated heterocycles. The van der Waals surface area contributed by atoms with Crippen LogP contribution in [0.15, 0.2) is 17.1 Å². The van der Waals surface area contributed by atoms with Crippen LogP contribution >= 0.6 is 11.6 Å². The molecule has 19 heavy (non-hydrogen) atoms. The van der Waals surface area contributed by atoms with E-state index in [1.54, 1.807) is 25.3 Å². The molecule has 0 radical (unpaired) electrons. The first kappa shape index (κ1) is 13.9. The number of benzene rings is 1. The van der Waals surface area contributed by atoms with E-state index in [1.807, 2.05) is 13.8 Å². The van der Waals surface area contributed by atoms with Crippen LogP contribution in [0.3, 0.4) is 0 Å². The van der Waals surface area contributed by atoms with E-state index in [9.17, 15) is 4.79 Å². The van der Waals surface area contributed by atoms with E-state index in [1.165, 1.54) is 0 Å². The van der Waals surface area contributed by atoms with E-state index in [0.29, 0.717) is 16.5 Å². The van der Waals surface area contributed by atoms with Gasteiger partial charge in [0, 0.05) is 5.56 Å². The van der Waals surface area contributed by atoms with Crippen molar-refractivity contribution in [2.24, 2.45) is 4.99 Å². The Hall–Kier alpha value is -1.51. The summed E-state index contributed by atoms with van der Waals surface area (Å²) in [7, 11) is 1.57. The fourth-order valence-electron chi connectivity index (χ4n) is 2.11. The second-order valence-electron chi connectivity index (χ2n) is 4.86. The molecule has 102 valence electrons. The van der Waals surface area contributed by atoms with Crippen LogP contribution in [0.5, 0.6) is 11.5 Å². The van der Waals surface area contributed by atoms with Gasteiger partial charge >= 0.3 is 0 Å². The molecule has 1 aromatic carbocycles. The number of nitrogens with zero attached hydrogens (tertiary/aromatic N) is 1. The molecule has 5 heteroatoms. The summed E-state index contributed by atoms with van der Waals surface area (Å²) in [6.45, 7) is 3.85. The highest BCUT2D eigenvalue weighted by Gasteiger charge is 2.49. The van der Waals surface area contributed by atoms with Crippen LogP contribution < -0.4 is 9.47 Å². The van der Waals surface area contributed by atoms with Gasteiger partial charge in [0.2, 0.25) is 6.08 Å². The van der Waals surface area contributed by atoms with Gasteiger partial charge in [-0.05, 0) is 38.8 Å². The predicted molar refractivity (Wildman–Crippen MR) is 72.8 cm³/mol. The average Bonchev–Trinajstić information content (AvgIpc) is 3.10. The number of hydrogen-bond donors (Lipinski definition) is 0. The number of halogens is 1. The molecule has 0 spiro atoms. The van der Waals surface area contributed by atoms with Crippen molar-refractivity contribution in [1.82, 2.24) is 0 Å². The molecular weight excluding hydrogens is 266 g/mol. The summed E-state index contributed by atoms with van der Waals surface area (Å²) in [5.74, 6) is 1.17. The third-order valence-corrected chi connectivity index (χ3v) is 3.41. The Morgan fingerprint density at radius 3 is 2.58 bits per heavy atom. The van der Waals surface area contributed by atoms with Crippen LogP contribution in [0.2, 0.25) is 5.02 Å². The summed E-state index contributed by atoms with van der Waals surface area (Å²) in [5.41, 5.74) is 0.142. The minimum absolute atomic E-state index is 0.0258. The second-order valence-corrected chi connectivity index (χ2v) is 5.26. The zero-order chi connectivity index (χ0) is 14.0. The van der Waals surface area contributed by atoms with E-state index < -0.39 is 5.54 Å². The van der Waals surface area contributed by atoms with Crippen molar-refractivity contribution in [2.75, 3.05) is 7.11 Å². The fraction of sp³-hybridized carbons (Fsp3) is 0.500. The normalized spacial score (nSPS) is 15.8. The summed E-state index contributed by atoms with van der Waals surface area (Å²) in [4.78, 5) is 14.5. The van der Waals surface area contributed by atoms with Crippen LogP contribution in [0, 0.1) is 0 Å². The largest absolute Gasteiger partial charge is 0.493 e. The number of carbonyl (C=O) groups excluding carboxylic acids is 1. The lowest BCUT2D eigenvalue weighted by Gasteiger charge is -2.21. The maximum absolute atomic E-state index is 10.6. The molecule has 0 N–H and O–H groups in total. The molecule has 1 aromatic rings. The minimum Gasteiger partial charge on any atom is -0.493 e. The first-order chi connectivity index (χ1) is 9.04. The Morgan fingerprint density at radius 2 is 2.11 bits per heavy atom. The zero-order valence-corrected chi connectivity index (χ0v) is 12.0. The molecule has 0 unspecified atom stereocenters. The van der Waals surface area contributed by atoms with Crippen molar-refractivity contribution in [3.05, 3.63) is 22.7 Å². The average molecular weight is 282 g/mol. The smallest absolute Gasteiger partial charge is 0.235 e. The molecule has 0 aromatic heterocycles. The number of aliphatic imine (C=N–C) groups is 1. The summed E-state index contributed by atoms with van der Waals surface area (Å²) < 4.78 is 11.1.